The lowest BCUT2D eigenvalue weighted by Gasteiger charge is -2.13. The maximum Gasteiger partial charge on any atom is 0.194 e. The molecular weight excluding hydrogens is 326 g/mol. The van der Waals surface area contributed by atoms with Crippen molar-refractivity contribution in [3.8, 4) is 28.3 Å². The van der Waals surface area contributed by atoms with Crippen LogP contribution in [0.15, 0.2) is 88.4 Å². The van der Waals surface area contributed by atoms with Gasteiger partial charge in [0.15, 0.2) is 10.8 Å². The van der Waals surface area contributed by atoms with Gasteiger partial charge in [-0.25, -0.2) is 9.97 Å². The molecule has 0 N–H and O–H groups in total. The third-order valence-electron chi connectivity index (χ3n) is 4.36. The first-order valence-corrected chi connectivity index (χ1v) is 8.23. The molecule has 2 heterocycles. The van der Waals surface area contributed by atoms with Gasteiger partial charge in [0.2, 0.25) is 0 Å². The van der Waals surface area contributed by atoms with Gasteiger partial charge in [-0.3, -0.25) is 4.79 Å². The molecule has 0 amide bonds. The standard InChI is InChI=1S/C21H13N3O2/c25-19-12-17-20(23-13-22-17)21-16(19)11-18(14-7-3-1-4-8-14)24(26-21)15-9-5-2-6-10-15/h1-13H. The van der Waals surface area contributed by atoms with E-state index in [2.05, 4.69) is 9.97 Å². The van der Waals surface area contributed by atoms with Gasteiger partial charge in [-0.05, 0) is 18.2 Å². The molecule has 0 bridgehead atoms. The van der Waals surface area contributed by atoms with Crippen LogP contribution in [0.5, 0.6) is 0 Å². The van der Waals surface area contributed by atoms with E-state index in [1.54, 1.807) is 4.74 Å². The molecule has 0 atom stereocenters. The van der Waals surface area contributed by atoms with Crippen molar-refractivity contribution >= 4 is 0 Å². The fraction of sp³-hybridized carbons (Fsp3) is 0. The van der Waals surface area contributed by atoms with E-state index in [1.807, 2.05) is 66.7 Å². The van der Waals surface area contributed by atoms with Crippen LogP contribution >= 0.6 is 0 Å². The number of nitrogens with zero attached hydrogens (tertiary/aromatic N) is 3. The van der Waals surface area contributed by atoms with Crippen LogP contribution in [0.2, 0.25) is 0 Å². The zero-order chi connectivity index (χ0) is 17.5. The number of para-hydroxylation sites is 1. The van der Waals surface area contributed by atoms with E-state index < -0.39 is 0 Å². The number of imidazole rings is 1. The molecule has 5 heteroatoms. The van der Waals surface area contributed by atoms with E-state index in [0.717, 1.165) is 16.9 Å². The summed E-state index contributed by atoms with van der Waals surface area (Å²) in [6.07, 6.45) is 1.44. The van der Waals surface area contributed by atoms with Crippen molar-refractivity contribution in [3.05, 3.63) is 100.0 Å². The SMILES string of the molecule is O=c1cc2ncnc-2c2on(-c3ccccc3)c(-c3ccccc3)cc1=2. The summed E-state index contributed by atoms with van der Waals surface area (Å²) in [5.41, 5.74) is 4.04. The Balaban J connectivity index is 1.96. The minimum atomic E-state index is -0.130. The van der Waals surface area contributed by atoms with Crippen LogP contribution in [0.25, 0.3) is 28.3 Å². The second-order valence-corrected chi connectivity index (χ2v) is 5.98. The lowest BCUT2D eigenvalue weighted by atomic mass is 10.1. The summed E-state index contributed by atoms with van der Waals surface area (Å²) >= 11 is 0. The van der Waals surface area contributed by atoms with Crippen LogP contribution in [0, 0.1) is 10.6 Å². The van der Waals surface area contributed by atoms with Crippen molar-refractivity contribution < 1.29 is 4.52 Å². The first-order valence-electron chi connectivity index (χ1n) is 8.23. The fourth-order valence-corrected chi connectivity index (χ4v) is 3.13. The Kier molecular flexibility index (Phi) is 3.18. The normalized spacial score (nSPS) is 11.2. The molecule has 0 fully saturated rings. The number of benzene rings is 2. The first kappa shape index (κ1) is 14.6. The molecule has 124 valence electrons. The van der Waals surface area contributed by atoms with Gasteiger partial charge in [0.1, 0.15) is 12.0 Å². The average molecular weight is 339 g/mol. The second-order valence-electron chi connectivity index (χ2n) is 5.98. The topological polar surface area (TPSA) is 60.9 Å². The molecule has 2 aromatic carbocycles. The third-order valence-corrected chi connectivity index (χ3v) is 4.36. The summed E-state index contributed by atoms with van der Waals surface area (Å²) in [7, 11) is 0. The van der Waals surface area contributed by atoms with E-state index in [1.165, 1.54) is 12.4 Å². The summed E-state index contributed by atoms with van der Waals surface area (Å²) < 4.78 is 7.93. The largest absolute Gasteiger partial charge is 0.371 e. The molecule has 26 heavy (non-hydrogen) atoms. The van der Waals surface area contributed by atoms with Crippen LogP contribution in [0.3, 0.4) is 0 Å². The molecule has 0 aromatic heterocycles. The first-order chi connectivity index (χ1) is 12.8. The second kappa shape index (κ2) is 5.67. The minimum absolute atomic E-state index is 0.130. The van der Waals surface area contributed by atoms with Crippen molar-refractivity contribution in [1.29, 1.82) is 0 Å². The highest BCUT2D eigenvalue weighted by molar-refractivity contribution is 5.63. The Morgan fingerprint density at radius 2 is 1.58 bits per heavy atom. The summed E-state index contributed by atoms with van der Waals surface area (Å²) in [5, 5.41) is 0.490. The van der Waals surface area contributed by atoms with Crippen LogP contribution in [-0.2, 0) is 0 Å². The Labute approximate surface area is 148 Å². The van der Waals surface area contributed by atoms with Crippen molar-refractivity contribution in [2.24, 2.45) is 0 Å². The van der Waals surface area contributed by atoms with E-state index in [9.17, 15) is 4.79 Å². The van der Waals surface area contributed by atoms with Crippen molar-refractivity contribution in [2.75, 3.05) is 0 Å². The molecule has 2 aromatic rings. The van der Waals surface area contributed by atoms with Gasteiger partial charge in [-0.15, -0.1) is 0 Å². The van der Waals surface area contributed by atoms with E-state index in [0.29, 0.717) is 22.0 Å². The van der Waals surface area contributed by atoms with E-state index >= 15 is 0 Å². The van der Waals surface area contributed by atoms with Gasteiger partial charge < -0.3 is 4.52 Å². The number of aromatic nitrogens is 3. The molecule has 0 unspecified atom stereocenters. The number of hydrogen-bond donors (Lipinski definition) is 0. The van der Waals surface area contributed by atoms with Gasteiger partial charge in [0.25, 0.3) is 0 Å². The van der Waals surface area contributed by atoms with E-state index in [-0.39, 0.29) is 5.43 Å². The molecule has 5 nitrogen and oxygen atoms in total. The highest BCUT2D eigenvalue weighted by Gasteiger charge is 2.17. The Morgan fingerprint density at radius 1 is 0.846 bits per heavy atom. The molecule has 0 saturated heterocycles. The molecule has 5 rings (SSSR count). The molecule has 0 spiro atoms. The molecule has 0 saturated carbocycles. The Hall–Kier alpha value is -3.73. The highest BCUT2D eigenvalue weighted by Crippen LogP contribution is 2.26. The van der Waals surface area contributed by atoms with Crippen molar-refractivity contribution in [2.45, 2.75) is 0 Å². The third kappa shape index (κ3) is 2.22. The number of hydrogen-bond acceptors (Lipinski definition) is 4. The predicted molar refractivity (Wildman–Crippen MR) is 97.3 cm³/mol. The lowest BCUT2D eigenvalue weighted by Crippen LogP contribution is -2.09. The zero-order valence-electron chi connectivity index (χ0n) is 13.7. The molecule has 2 aliphatic heterocycles. The lowest BCUT2D eigenvalue weighted by molar-refractivity contribution is 0.312. The fourth-order valence-electron chi connectivity index (χ4n) is 3.13. The molecule has 1 aliphatic carbocycles. The monoisotopic (exact) mass is 339 g/mol. The zero-order valence-corrected chi connectivity index (χ0v) is 13.7. The highest BCUT2D eigenvalue weighted by atomic mass is 16.5. The summed E-state index contributed by atoms with van der Waals surface area (Å²) in [6.45, 7) is 0. The quantitative estimate of drug-likeness (QED) is 0.492. The summed E-state index contributed by atoms with van der Waals surface area (Å²) in [4.78, 5) is 21.0. The van der Waals surface area contributed by atoms with Gasteiger partial charge >= 0.3 is 0 Å². The van der Waals surface area contributed by atoms with Gasteiger partial charge in [0.05, 0.1) is 22.3 Å². The van der Waals surface area contributed by atoms with E-state index in [4.69, 9.17) is 4.52 Å². The van der Waals surface area contributed by atoms with Crippen LogP contribution in [0.1, 0.15) is 0 Å². The molecule has 3 aliphatic rings. The van der Waals surface area contributed by atoms with Gasteiger partial charge in [-0.1, -0.05) is 48.5 Å². The Morgan fingerprint density at radius 3 is 2.35 bits per heavy atom. The van der Waals surface area contributed by atoms with Crippen molar-refractivity contribution in [1.82, 2.24) is 14.7 Å². The molecule has 0 radical (unpaired) electrons. The number of fused-ring (bicyclic) bond motifs is 2. The van der Waals surface area contributed by atoms with Crippen LogP contribution in [0.4, 0.5) is 0 Å². The maximum atomic E-state index is 12.6. The molecular formula is C21H13N3O2. The van der Waals surface area contributed by atoms with Crippen molar-refractivity contribution in [3.63, 3.8) is 0 Å². The van der Waals surface area contributed by atoms with Gasteiger partial charge in [-0.2, -0.15) is 4.74 Å². The van der Waals surface area contributed by atoms with Gasteiger partial charge in [0, 0.05) is 11.6 Å². The maximum absolute atomic E-state index is 12.6. The summed E-state index contributed by atoms with van der Waals surface area (Å²) in [5.74, 6) is 0. The average Bonchev–Trinajstić information content (AvgIpc) is 3.17. The minimum Gasteiger partial charge on any atom is -0.371 e. The predicted octanol–water partition coefficient (Wildman–Crippen LogP) is 3.72. The smallest absolute Gasteiger partial charge is 0.194 e. The van der Waals surface area contributed by atoms with Crippen LogP contribution in [-0.4, -0.2) is 14.7 Å². The number of rotatable bonds is 2. The Bertz CT molecular complexity index is 1290. The van der Waals surface area contributed by atoms with Crippen LogP contribution < -0.4 is 5.43 Å². The summed E-state index contributed by atoms with van der Waals surface area (Å²) in [6, 6.07) is 22.9.